The second kappa shape index (κ2) is 7.53. The first-order valence-electron chi connectivity index (χ1n) is 9.33. The summed E-state index contributed by atoms with van der Waals surface area (Å²) in [6.45, 7) is 13.0. The van der Waals surface area contributed by atoms with E-state index in [-0.39, 0.29) is 11.7 Å². The quantitative estimate of drug-likeness (QED) is 0.833. The predicted molar refractivity (Wildman–Crippen MR) is 104 cm³/mol. The molecule has 3 heterocycles. The lowest BCUT2D eigenvalue weighted by Crippen LogP contribution is -2.47. The van der Waals surface area contributed by atoms with Crippen LogP contribution < -0.4 is 4.90 Å². The molecular formula is C19H28N6O. The van der Waals surface area contributed by atoms with Gasteiger partial charge in [-0.2, -0.15) is 0 Å². The van der Waals surface area contributed by atoms with Gasteiger partial charge in [-0.15, -0.1) is 0 Å². The fourth-order valence-corrected chi connectivity index (χ4v) is 3.45. The smallest absolute Gasteiger partial charge is 0.291 e. The van der Waals surface area contributed by atoms with Crippen molar-refractivity contribution in [3.05, 3.63) is 23.1 Å². The molecule has 7 heteroatoms. The highest BCUT2D eigenvalue weighted by Gasteiger charge is 2.25. The van der Waals surface area contributed by atoms with E-state index in [1.54, 1.807) is 0 Å². The van der Waals surface area contributed by atoms with Gasteiger partial charge < -0.3 is 14.7 Å². The second-order valence-electron chi connectivity index (χ2n) is 6.92. The zero-order valence-corrected chi connectivity index (χ0v) is 16.4. The Hall–Kier alpha value is -2.28. The Kier molecular flexibility index (Phi) is 5.36. The van der Waals surface area contributed by atoms with Crippen molar-refractivity contribution >= 4 is 22.8 Å². The van der Waals surface area contributed by atoms with Crippen molar-refractivity contribution in [2.24, 2.45) is 0 Å². The van der Waals surface area contributed by atoms with Crippen LogP contribution in [0.3, 0.4) is 0 Å². The molecule has 7 nitrogen and oxygen atoms in total. The van der Waals surface area contributed by atoms with E-state index in [2.05, 4.69) is 47.6 Å². The first-order valence-corrected chi connectivity index (χ1v) is 9.33. The normalized spacial score (nSPS) is 15.5. The van der Waals surface area contributed by atoms with Crippen LogP contribution in [0.5, 0.6) is 0 Å². The van der Waals surface area contributed by atoms with Gasteiger partial charge in [0, 0.05) is 45.0 Å². The lowest BCUT2D eigenvalue weighted by molar-refractivity contribution is 0.0652. The van der Waals surface area contributed by atoms with E-state index in [1.807, 2.05) is 17.9 Å². The predicted octanol–water partition coefficient (Wildman–Crippen LogP) is 1.88. The van der Waals surface area contributed by atoms with Crippen LogP contribution in [0.4, 0.5) is 5.82 Å². The van der Waals surface area contributed by atoms with Crippen molar-refractivity contribution in [1.82, 2.24) is 24.8 Å². The van der Waals surface area contributed by atoms with Crippen LogP contribution >= 0.6 is 0 Å². The summed E-state index contributed by atoms with van der Waals surface area (Å²) in [5, 5.41) is 0.939. The highest BCUT2D eigenvalue weighted by molar-refractivity contribution is 5.96. The summed E-state index contributed by atoms with van der Waals surface area (Å²) < 4.78 is 0. The molecule has 140 valence electrons. The molecule has 1 fully saturated rings. The lowest BCUT2D eigenvalue weighted by Gasteiger charge is -2.32. The minimum Gasteiger partial charge on any atom is -0.356 e. The molecule has 0 bridgehead atoms. The van der Waals surface area contributed by atoms with Crippen LogP contribution in [0, 0.1) is 13.8 Å². The first-order chi connectivity index (χ1) is 12.4. The van der Waals surface area contributed by atoms with E-state index in [0.717, 1.165) is 48.6 Å². The standard InChI is InChI=1S/C19H28N6O/c1-6-24(7-2)18-15-13(3)12-14(4)20-16(15)21-17(22-18)19(26)25-10-8-23(5)9-11-25/h12H,6-11H2,1-5H3. The number of hydrogen-bond acceptors (Lipinski definition) is 6. The Morgan fingerprint density at radius 3 is 2.35 bits per heavy atom. The van der Waals surface area contributed by atoms with Crippen molar-refractivity contribution in [2.75, 3.05) is 51.2 Å². The third-order valence-corrected chi connectivity index (χ3v) is 5.02. The number of hydrogen-bond donors (Lipinski definition) is 0. The molecule has 3 rings (SSSR count). The third kappa shape index (κ3) is 3.49. The number of anilines is 1. The van der Waals surface area contributed by atoms with Gasteiger partial charge in [0.1, 0.15) is 5.82 Å². The van der Waals surface area contributed by atoms with Gasteiger partial charge in [-0.05, 0) is 46.4 Å². The fourth-order valence-electron chi connectivity index (χ4n) is 3.45. The molecule has 1 amide bonds. The number of aromatic nitrogens is 3. The Morgan fingerprint density at radius 2 is 1.73 bits per heavy atom. The molecule has 0 saturated carbocycles. The van der Waals surface area contributed by atoms with Crippen LogP contribution in [0.1, 0.15) is 35.7 Å². The van der Waals surface area contributed by atoms with Crippen molar-refractivity contribution in [2.45, 2.75) is 27.7 Å². The maximum atomic E-state index is 13.0. The summed E-state index contributed by atoms with van der Waals surface area (Å²) in [6.07, 6.45) is 0. The Morgan fingerprint density at radius 1 is 1.08 bits per heavy atom. The number of aryl methyl sites for hydroxylation is 2. The molecule has 1 saturated heterocycles. The number of carbonyl (C=O) groups is 1. The van der Waals surface area contributed by atoms with Crippen molar-refractivity contribution in [3.8, 4) is 0 Å². The largest absolute Gasteiger partial charge is 0.356 e. The number of piperazine rings is 1. The summed E-state index contributed by atoms with van der Waals surface area (Å²) in [4.78, 5) is 33.1. The highest BCUT2D eigenvalue weighted by atomic mass is 16.2. The summed E-state index contributed by atoms with van der Waals surface area (Å²) >= 11 is 0. The van der Waals surface area contributed by atoms with E-state index < -0.39 is 0 Å². The number of rotatable bonds is 4. The molecule has 0 aromatic carbocycles. The van der Waals surface area contributed by atoms with Gasteiger partial charge in [0.15, 0.2) is 5.65 Å². The van der Waals surface area contributed by atoms with Crippen molar-refractivity contribution < 1.29 is 4.79 Å². The molecule has 2 aromatic rings. The fraction of sp³-hybridized carbons (Fsp3) is 0.579. The van der Waals surface area contributed by atoms with E-state index in [4.69, 9.17) is 4.98 Å². The van der Waals surface area contributed by atoms with Gasteiger partial charge >= 0.3 is 0 Å². The number of likely N-dealkylation sites (N-methyl/N-ethyl adjacent to an activating group) is 1. The van der Waals surface area contributed by atoms with Crippen LogP contribution in [-0.4, -0.2) is 77.0 Å². The maximum absolute atomic E-state index is 13.0. The zero-order valence-electron chi connectivity index (χ0n) is 16.4. The minimum absolute atomic E-state index is 0.102. The zero-order chi connectivity index (χ0) is 18.8. The first kappa shape index (κ1) is 18.5. The van der Waals surface area contributed by atoms with E-state index in [1.165, 1.54) is 0 Å². The molecular weight excluding hydrogens is 328 g/mol. The SMILES string of the molecule is CCN(CC)c1nc(C(=O)N2CCN(C)CC2)nc2nc(C)cc(C)c12. The van der Waals surface area contributed by atoms with Crippen LogP contribution in [0.15, 0.2) is 6.07 Å². The number of amides is 1. The Labute approximate surface area is 155 Å². The number of nitrogens with zero attached hydrogens (tertiary/aromatic N) is 6. The molecule has 26 heavy (non-hydrogen) atoms. The molecule has 0 unspecified atom stereocenters. The summed E-state index contributed by atoms with van der Waals surface area (Å²) in [7, 11) is 2.07. The monoisotopic (exact) mass is 356 g/mol. The topological polar surface area (TPSA) is 65.5 Å². The Balaban J connectivity index is 2.10. The van der Waals surface area contributed by atoms with Crippen LogP contribution in [0.2, 0.25) is 0 Å². The molecule has 0 spiro atoms. The molecule has 1 aliphatic rings. The summed E-state index contributed by atoms with van der Waals surface area (Å²) in [5.74, 6) is 0.957. The molecule has 0 radical (unpaired) electrons. The molecule has 0 atom stereocenters. The maximum Gasteiger partial charge on any atom is 0.291 e. The van der Waals surface area contributed by atoms with Crippen LogP contribution in [0.25, 0.3) is 11.0 Å². The molecule has 1 aliphatic heterocycles. The van der Waals surface area contributed by atoms with Gasteiger partial charge in [-0.1, -0.05) is 0 Å². The van der Waals surface area contributed by atoms with E-state index in [9.17, 15) is 4.79 Å². The molecule has 0 aliphatic carbocycles. The van der Waals surface area contributed by atoms with Gasteiger partial charge in [-0.25, -0.2) is 15.0 Å². The van der Waals surface area contributed by atoms with Crippen LogP contribution in [-0.2, 0) is 0 Å². The molecule has 0 N–H and O–H groups in total. The number of fused-ring (bicyclic) bond motifs is 1. The average Bonchev–Trinajstić information content (AvgIpc) is 2.62. The highest BCUT2D eigenvalue weighted by Crippen LogP contribution is 2.27. The van der Waals surface area contributed by atoms with Gasteiger partial charge in [0.2, 0.25) is 5.82 Å². The minimum atomic E-state index is -0.102. The average molecular weight is 356 g/mol. The summed E-state index contributed by atoms with van der Waals surface area (Å²) in [5.41, 5.74) is 2.60. The van der Waals surface area contributed by atoms with Gasteiger partial charge in [0.05, 0.1) is 5.39 Å². The Bertz CT molecular complexity index is 809. The number of pyridine rings is 1. The third-order valence-electron chi connectivity index (χ3n) is 5.02. The number of carbonyl (C=O) groups excluding carboxylic acids is 1. The van der Waals surface area contributed by atoms with Gasteiger partial charge in [-0.3, -0.25) is 4.79 Å². The summed E-state index contributed by atoms with van der Waals surface area (Å²) in [6, 6.07) is 2.04. The van der Waals surface area contributed by atoms with Crippen molar-refractivity contribution in [1.29, 1.82) is 0 Å². The molecule has 2 aromatic heterocycles. The van der Waals surface area contributed by atoms with Gasteiger partial charge in [0.25, 0.3) is 5.91 Å². The van der Waals surface area contributed by atoms with E-state index >= 15 is 0 Å². The van der Waals surface area contributed by atoms with E-state index in [0.29, 0.717) is 18.7 Å². The lowest BCUT2D eigenvalue weighted by atomic mass is 10.1. The second-order valence-corrected chi connectivity index (χ2v) is 6.92. The van der Waals surface area contributed by atoms with Crippen molar-refractivity contribution in [3.63, 3.8) is 0 Å².